The van der Waals surface area contributed by atoms with Gasteiger partial charge in [0.2, 0.25) is 5.91 Å². The van der Waals surface area contributed by atoms with Gasteiger partial charge in [0, 0.05) is 32.7 Å². The van der Waals surface area contributed by atoms with E-state index < -0.39 is 0 Å². The molecule has 0 heterocycles. The molecular weight excluding hydrogens is 218 g/mol. The number of amides is 1. The molecule has 0 atom stereocenters. The van der Waals surface area contributed by atoms with E-state index in [1.807, 2.05) is 0 Å². The molecule has 100 valence electrons. The third-order valence-electron chi connectivity index (χ3n) is 2.89. The average Bonchev–Trinajstić information content (AvgIpc) is 3.12. The Kier molecular flexibility index (Phi) is 7.16. The van der Waals surface area contributed by atoms with Crippen molar-refractivity contribution >= 4 is 5.91 Å². The fraction of sp³-hybridized carbons (Fsp3) is 0.917. The van der Waals surface area contributed by atoms with Gasteiger partial charge in [-0.25, -0.2) is 0 Å². The Morgan fingerprint density at radius 2 is 2.18 bits per heavy atom. The van der Waals surface area contributed by atoms with Crippen LogP contribution in [0.25, 0.3) is 0 Å². The van der Waals surface area contributed by atoms with E-state index in [0.717, 1.165) is 38.9 Å². The van der Waals surface area contributed by atoms with E-state index in [4.69, 9.17) is 10.5 Å². The fourth-order valence-electron chi connectivity index (χ4n) is 1.66. The SMILES string of the molecule is COCCN(CCCN)CCC(=O)NC1CC1. The quantitative estimate of drug-likeness (QED) is 0.564. The first kappa shape index (κ1) is 14.4. The summed E-state index contributed by atoms with van der Waals surface area (Å²) in [5, 5.41) is 3.00. The van der Waals surface area contributed by atoms with Crippen molar-refractivity contribution in [1.29, 1.82) is 0 Å². The summed E-state index contributed by atoms with van der Waals surface area (Å²) >= 11 is 0. The Labute approximate surface area is 104 Å². The van der Waals surface area contributed by atoms with Gasteiger partial charge in [-0.1, -0.05) is 0 Å². The van der Waals surface area contributed by atoms with Crippen LogP contribution in [0.4, 0.5) is 0 Å². The van der Waals surface area contributed by atoms with Crippen molar-refractivity contribution < 1.29 is 9.53 Å². The fourth-order valence-corrected chi connectivity index (χ4v) is 1.66. The van der Waals surface area contributed by atoms with Crippen molar-refractivity contribution in [1.82, 2.24) is 10.2 Å². The normalized spacial score (nSPS) is 15.2. The van der Waals surface area contributed by atoms with Crippen LogP contribution in [0.3, 0.4) is 0 Å². The maximum absolute atomic E-state index is 11.6. The predicted molar refractivity (Wildman–Crippen MR) is 67.8 cm³/mol. The number of carbonyl (C=O) groups excluding carboxylic acids is 1. The van der Waals surface area contributed by atoms with Gasteiger partial charge in [-0.2, -0.15) is 0 Å². The summed E-state index contributed by atoms with van der Waals surface area (Å²) in [6.45, 7) is 4.00. The molecule has 1 fully saturated rings. The Morgan fingerprint density at radius 1 is 1.41 bits per heavy atom. The second kappa shape index (κ2) is 8.44. The molecule has 0 aromatic rings. The molecule has 0 unspecified atom stereocenters. The highest BCUT2D eigenvalue weighted by molar-refractivity contribution is 5.76. The topological polar surface area (TPSA) is 67.6 Å². The highest BCUT2D eigenvalue weighted by Crippen LogP contribution is 2.18. The molecule has 0 aromatic carbocycles. The summed E-state index contributed by atoms with van der Waals surface area (Å²) < 4.78 is 5.06. The first-order valence-corrected chi connectivity index (χ1v) is 6.47. The standard InChI is InChI=1S/C12H25N3O2/c1-17-10-9-15(7-2-6-13)8-5-12(16)14-11-3-4-11/h11H,2-10,13H2,1H3,(H,14,16). The minimum absolute atomic E-state index is 0.169. The Balaban J connectivity index is 2.13. The lowest BCUT2D eigenvalue weighted by Gasteiger charge is -2.21. The summed E-state index contributed by atoms with van der Waals surface area (Å²) in [6.07, 6.45) is 3.83. The zero-order valence-corrected chi connectivity index (χ0v) is 10.8. The van der Waals surface area contributed by atoms with Gasteiger partial charge in [0.15, 0.2) is 0 Å². The molecule has 17 heavy (non-hydrogen) atoms. The molecule has 5 heteroatoms. The van der Waals surface area contributed by atoms with E-state index in [9.17, 15) is 4.79 Å². The van der Waals surface area contributed by atoms with Gasteiger partial charge in [0.1, 0.15) is 0 Å². The van der Waals surface area contributed by atoms with E-state index in [0.29, 0.717) is 25.6 Å². The number of nitrogens with zero attached hydrogens (tertiary/aromatic N) is 1. The van der Waals surface area contributed by atoms with Crippen molar-refractivity contribution in [2.24, 2.45) is 5.73 Å². The Hall–Kier alpha value is -0.650. The van der Waals surface area contributed by atoms with Crippen molar-refractivity contribution in [2.45, 2.75) is 31.7 Å². The third-order valence-corrected chi connectivity index (χ3v) is 2.89. The lowest BCUT2D eigenvalue weighted by Crippen LogP contribution is -2.34. The first-order valence-electron chi connectivity index (χ1n) is 6.47. The number of ether oxygens (including phenoxy) is 1. The zero-order chi connectivity index (χ0) is 12.5. The monoisotopic (exact) mass is 243 g/mol. The number of nitrogens with two attached hydrogens (primary N) is 1. The number of carbonyl (C=O) groups is 1. The van der Waals surface area contributed by atoms with Crippen molar-refractivity contribution in [2.75, 3.05) is 39.9 Å². The maximum atomic E-state index is 11.6. The Morgan fingerprint density at radius 3 is 2.76 bits per heavy atom. The largest absolute Gasteiger partial charge is 0.383 e. The second-order valence-electron chi connectivity index (χ2n) is 4.57. The van der Waals surface area contributed by atoms with E-state index in [1.165, 1.54) is 0 Å². The van der Waals surface area contributed by atoms with Crippen LogP contribution in [0.2, 0.25) is 0 Å². The summed E-state index contributed by atoms with van der Waals surface area (Å²) in [4.78, 5) is 13.8. The van der Waals surface area contributed by atoms with E-state index in [2.05, 4.69) is 10.2 Å². The molecule has 1 saturated carbocycles. The van der Waals surface area contributed by atoms with Crippen LogP contribution < -0.4 is 11.1 Å². The van der Waals surface area contributed by atoms with Crippen LogP contribution in [0.1, 0.15) is 25.7 Å². The van der Waals surface area contributed by atoms with Crippen LogP contribution in [-0.2, 0) is 9.53 Å². The van der Waals surface area contributed by atoms with Gasteiger partial charge in [-0.05, 0) is 32.4 Å². The molecular formula is C12H25N3O2. The van der Waals surface area contributed by atoms with Gasteiger partial charge < -0.3 is 20.7 Å². The van der Waals surface area contributed by atoms with Crippen LogP contribution in [0, 0.1) is 0 Å². The van der Waals surface area contributed by atoms with Crippen molar-refractivity contribution in [3.8, 4) is 0 Å². The molecule has 0 aliphatic heterocycles. The van der Waals surface area contributed by atoms with Gasteiger partial charge in [-0.3, -0.25) is 4.79 Å². The van der Waals surface area contributed by atoms with E-state index >= 15 is 0 Å². The summed E-state index contributed by atoms with van der Waals surface area (Å²) in [5.41, 5.74) is 5.50. The average molecular weight is 243 g/mol. The molecule has 1 amide bonds. The second-order valence-corrected chi connectivity index (χ2v) is 4.57. The lowest BCUT2D eigenvalue weighted by molar-refractivity contribution is -0.121. The summed E-state index contributed by atoms with van der Waals surface area (Å²) in [5.74, 6) is 0.169. The molecule has 0 saturated heterocycles. The number of rotatable bonds is 10. The van der Waals surface area contributed by atoms with Crippen LogP contribution in [0.5, 0.6) is 0 Å². The summed E-state index contributed by atoms with van der Waals surface area (Å²) in [7, 11) is 1.70. The van der Waals surface area contributed by atoms with Crippen molar-refractivity contribution in [3.63, 3.8) is 0 Å². The molecule has 0 radical (unpaired) electrons. The molecule has 1 aliphatic carbocycles. The molecule has 5 nitrogen and oxygen atoms in total. The van der Waals surface area contributed by atoms with Gasteiger partial charge in [0.05, 0.1) is 6.61 Å². The maximum Gasteiger partial charge on any atom is 0.221 e. The highest BCUT2D eigenvalue weighted by atomic mass is 16.5. The molecule has 1 rings (SSSR count). The highest BCUT2D eigenvalue weighted by Gasteiger charge is 2.23. The van der Waals surface area contributed by atoms with Crippen LogP contribution in [0.15, 0.2) is 0 Å². The molecule has 0 aromatic heterocycles. The van der Waals surface area contributed by atoms with Crippen LogP contribution >= 0.6 is 0 Å². The molecule has 3 N–H and O–H groups in total. The molecule has 0 spiro atoms. The lowest BCUT2D eigenvalue weighted by atomic mass is 10.3. The Bertz CT molecular complexity index is 212. The summed E-state index contributed by atoms with van der Waals surface area (Å²) in [6, 6.07) is 0.457. The first-order chi connectivity index (χ1) is 8.26. The van der Waals surface area contributed by atoms with E-state index in [-0.39, 0.29) is 5.91 Å². The smallest absolute Gasteiger partial charge is 0.221 e. The van der Waals surface area contributed by atoms with Gasteiger partial charge >= 0.3 is 0 Å². The molecule has 1 aliphatic rings. The third kappa shape index (κ3) is 7.31. The number of hydrogen-bond donors (Lipinski definition) is 2. The predicted octanol–water partition coefficient (Wildman–Crippen LogP) is -0.0477. The van der Waals surface area contributed by atoms with Crippen molar-refractivity contribution in [3.05, 3.63) is 0 Å². The van der Waals surface area contributed by atoms with Crippen LogP contribution in [-0.4, -0.2) is 56.7 Å². The number of nitrogens with one attached hydrogen (secondary N) is 1. The van der Waals surface area contributed by atoms with Gasteiger partial charge in [0.25, 0.3) is 0 Å². The number of hydrogen-bond acceptors (Lipinski definition) is 4. The molecule has 0 bridgehead atoms. The minimum Gasteiger partial charge on any atom is -0.383 e. The van der Waals surface area contributed by atoms with Gasteiger partial charge in [-0.15, -0.1) is 0 Å². The number of methoxy groups -OCH3 is 1. The zero-order valence-electron chi connectivity index (χ0n) is 10.8. The minimum atomic E-state index is 0.169. The van der Waals surface area contributed by atoms with E-state index in [1.54, 1.807) is 7.11 Å².